The average Bonchev–Trinajstić information content (AvgIpc) is 2.34. The predicted molar refractivity (Wildman–Crippen MR) is 55.6 cm³/mol. The topological polar surface area (TPSA) is 136 Å². The van der Waals surface area contributed by atoms with Gasteiger partial charge in [-0.15, -0.1) is 0 Å². The molecule has 0 spiro atoms. The first-order chi connectivity index (χ1) is 8.47. The van der Waals surface area contributed by atoms with E-state index in [2.05, 4.69) is 4.74 Å². The molecule has 0 aromatic heterocycles. The molecule has 0 N–H and O–H groups in total. The number of nitro groups is 2. The molecule has 0 bridgehead atoms. The molecule has 0 saturated heterocycles. The third-order valence-corrected chi connectivity index (χ3v) is 1.88. The number of hydrogen-bond donors (Lipinski definition) is 0. The van der Waals surface area contributed by atoms with Crippen LogP contribution in [0.1, 0.15) is 10.4 Å². The summed E-state index contributed by atoms with van der Waals surface area (Å²) in [6.07, 6.45) is 0. The molecule has 0 fully saturated rings. The third kappa shape index (κ3) is 2.76. The Morgan fingerprint density at radius 1 is 1.33 bits per heavy atom. The van der Waals surface area contributed by atoms with Gasteiger partial charge in [0, 0.05) is 6.07 Å². The number of ether oxygens (including phenoxy) is 1. The van der Waals surface area contributed by atoms with E-state index in [1.807, 2.05) is 0 Å². The monoisotopic (exact) mass is 251 g/mol. The van der Waals surface area contributed by atoms with Crippen molar-refractivity contribution in [1.82, 2.24) is 0 Å². The van der Waals surface area contributed by atoms with E-state index in [9.17, 15) is 25.0 Å². The largest absolute Gasteiger partial charge is 0.446 e. The number of carbonyl (C=O) groups is 1. The minimum atomic E-state index is -1.09. The highest BCUT2D eigenvalue weighted by atomic mass is 16.6. The molecule has 9 heteroatoms. The predicted octanol–water partition coefficient (Wildman–Crippen LogP) is 1.18. The lowest BCUT2D eigenvalue weighted by Crippen LogP contribution is -2.08. The van der Waals surface area contributed by atoms with Crippen LogP contribution in [0, 0.1) is 31.6 Å². The van der Waals surface area contributed by atoms with Crippen molar-refractivity contribution < 1.29 is 19.4 Å². The first-order valence-corrected chi connectivity index (χ1v) is 4.44. The Labute approximate surface area is 99.5 Å². The standard InChI is InChI=1S/C9H5N3O6/c10-3-4-18-9(13)7-2-1-6(11(14)15)5-8(7)12(16)17/h1-2,5H,4H2. The van der Waals surface area contributed by atoms with Gasteiger partial charge in [0.15, 0.2) is 6.61 Å². The molecule has 1 rings (SSSR count). The molecule has 1 aromatic rings. The maximum atomic E-state index is 11.4. The van der Waals surface area contributed by atoms with E-state index in [-0.39, 0.29) is 0 Å². The Bertz CT molecular complexity index is 562. The van der Waals surface area contributed by atoms with Gasteiger partial charge < -0.3 is 4.74 Å². The fourth-order valence-corrected chi connectivity index (χ4v) is 1.13. The summed E-state index contributed by atoms with van der Waals surface area (Å²) >= 11 is 0. The maximum Gasteiger partial charge on any atom is 0.346 e. The van der Waals surface area contributed by atoms with Crippen LogP contribution in [0.25, 0.3) is 0 Å². The molecule has 0 aliphatic rings. The molecule has 0 unspecified atom stereocenters. The van der Waals surface area contributed by atoms with Crippen molar-refractivity contribution in [2.75, 3.05) is 6.61 Å². The highest BCUT2D eigenvalue weighted by Gasteiger charge is 2.24. The number of nitro benzene ring substituents is 2. The molecule has 0 amide bonds. The highest BCUT2D eigenvalue weighted by molar-refractivity contribution is 5.94. The minimum absolute atomic E-state index is 0.444. The van der Waals surface area contributed by atoms with Crippen LogP contribution in [-0.4, -0.2) is 22.4 Å². The molecule has 0 aliphatic carbocycles. The number of benzene rings is 1. The zero-order valence-electron chi connectivity index (χ0n) is 8.73. The lowest BCUT2D eigenvalue weighted by Gasteiger charge is -2.01. The van der Waals surface area contributed by atoms with Gasteiger partial charge >= 0.3 is 5.97 Å². The zero-order valence-corrected chi connectivity index (χ0v) is 8.73. The molecule has 1 aromatic carbocycles. The fraction of sp³-hybridized carbons (Fsp3) is 0.111. The molecule has 92 valence electrons. The summed E-state index contributed by atoms with van der Waals surface area (Å²) in [4.78, 5) is 30.7. The van der Waals surface area contributed by atoms with E-state index in [0.717, 1.165) is 12.1 Å². The van der Waals surface area contributed by atoms with Gasteiger partial charge in [0.25, 0.3) is 11.4 Å². The second-order valence-electron chi connectivity index (χ2n) is 2.95. The quantitative estimate of drug-likeness (QED) is 0.445. The normalized spacial score (nSPS) is 9.28. The Hall–Kier alpha value is -3.02. The summed E-state index contributed by atoms with van der Waals surface area (Å²) < 4.78 is 4.39. The number of hydrogen-bond acceptors (Lipinski definition) is 7. The first kappa shape index (κ1) is 13.0. The van der Waals surface area contributed by atoms with Crippen molar-refractivity contribution in [3.05, 3.63) is 44.0 Å². The number of carbonyl (C=O) groups excluding carboxylic acids is 1. The van der Waals surface area contributed by atoms with Gasteiger partial charge in [-0.1, -0.05) is 0 Å². The van der Waals surface area contributed by atoms with E-state index in [1.165, 1.54) is 6.07 Å². The van der Waals surface area contributed by atoms with Crippen LogP contribution in [0.2, 0.25) is 0 Å². The number of nitriles is 1. The summed E-state index contributed by atoms with van der Waals surface area (Å²) in [5, 5.41) is 29.3. The number of esters is 1. The Balaban J connectivity index is 3.20. The van der Waals surface area contributed by atoms with Gasteiger partial charge in [-0.05, 0) is 6.07 Å². The first-order valence-electron chi connectivity index (χ1n) is 4.44. The summed E-state index contributed by atoms with van der Waals surface area (Å²) in [5.41, 5.74) is -1.70. The SMILES string of the molecule is N#CCOC(=O)c1ccc([N+](=O)[O-])cc1[N+](=O)[O-]. The van der Waals surface area contributed by atoms with E-state index in [1.54, 1.807) is 0 Å². The van der Waals surface area contributed by atoms with Crippen molar-refractivity contribution >= 4 is 17.3 Å². The molecular weight excluding hydrogens is 246 g/mol. The molecule has 0 aliphatic heterocycles. The minimum Gasteiger partial charge on any atom is -0.446 e. The number of non-ortho nitro benzene ring substituents is 1. The Morgan fingerprint density at radius 3 is 2.50 bits per heavy atom. The second-order valence-corrected chi connectivity index (χ2v) is 2.95. The summed E-state index contributed by atoms with van der Waals surface area (Å²) in [6, 6.07) is 4.03. The van der Waals surface area contributed by atoms with Crippen molar-refractivity contribution in [2.24, 2.45) is 0 Å². The van der Waals surface area contributed by atoms with Crippen LogP contribution in [0.3, 0.4) is 0 Å². The smallest absolute Gasteiger partial charge is 0.346 e. The van der Waals surface area contributed by atoms with Crippen LogP contribution in [0.5, 0.6) is 0 Å². The Morgan fingerprint density at radius 2 is 2.00 bits per heavy atom. The molecule has 9 nitrogen and oxygen atoms in total. The average molecular weight is 251 g/mol. The summed E-state index contributed by atoms with van der Waals surface area (Å²) in [6.45, 7) is -0.563. The van der Waals surface area contributed by atoms with E-state index >= 15 is 0 Å². The van der Waals surface area contributed by atoms with Gasteiger partial charge in [0.1, 0.15) is 11.6 Å². The van der Waals surface area contributed by atoms with Gasteiger partial charge in [0.2, 0.25) is 0 Å². The van der Waals surface area contributed by atoms with Crippen LogP contribution in [0.4, 0.5) is 11.4 Å². The fourth-order valence-electron chi connectivity index (χ4n) is 1.13. The third-order valence-electron chi connectivity index (χ3n) is 1.88. The van der Waals surface area contributed by atoms with Gasteiger partial charge in [-0.3, -0.25) is 20.2 Å². The molecule has 18 heavy (non-hydrogen) atoms. The van der Waals surface area contributed by atoms with Gasteiger partial charge in [0.05, 0.1) is 15.9 Å². The van der Waals surface area contributed by atoms with Crippen molar-refractivity contribution in [2.45, 2.75) is 0 Å². The molecule has 0 heterocycles. The van der Waals surface area contributed by atoms with E-state index in [4.69, 9.17) is 5.26 Å². The van der Waals surface area contributed by atoms with Crippen molar-refractivity contribution in [3.63, 3.8) is 0 Å². The van der Waals surface area contributed by atoms with Gasteiger partial charge in [-0.25, -0.2) is 4.79 Å². The van der Waals surface area contributed by atoms with Crippen LogP contribution < -0.4 is 0 Å². The van der Waals surface area contributed by atoms with Crippen molar-refractivity contribution in [3.8, 4) is 6.07 Å². The zero-order chi connectivity index (χ0) is 13.7. The Kier molecular flexibility index (Phi) is 3.88. The van der Waals surface area contributed by atoms with Gasteiger partial charge in [-0.2, -0.15) is 5.26 Å². The van der Waals surface area contributed by atoms with Crippen LogP contribution >= 0.6 is 0 Å². The van der Waals surface area contributed by atoms with Crippen LogP contribution in [0.15, 0.2) is 18.2 Å². The number of rotatable bonds is 4. The highest BCUT2D eigenvalue weighted by Crippen LogP contribution is 2.25. The summed E-state index contributed by atoms with van der Waals surface area (Å²) in [5.74, 6) is -1.09. The molecule has 0 saturated carbocycles. The molecular formula is C9H5N3O6. The van der Waals surface area contributed by atoms with E-state index < -0.39 is 39.4 Å². The van der Waals surface area contributed by atoms with Crippen LogP contribution in [-0.2, 0) is 4.74 Å². The van der Waals surface area contributed by atoms with Crippen molar-refractivity contribution in [1.29, 1.82) is 5.26 Å². The number of nitrogens with zero attached hydrogens (tertiary/aromatic N) is 3. The second kappa shape index (κ2) is 5.35. The maximum absolute atomic E-state index is 11.4. The lowest BCUT2D eigenvalue weighted by atomic mass is 10.1. The summed E-state index contributed by atoms with van der Waals surface area (Å²) in [7, 11) is 0. The molecule has 0 atom stereocenters. The lowest BCUT2D eigenvalue weighted by molar-refractivity contribution is -0.394. The molecule has 0 radical (unpaired) electrons. The van der Waals surface area contributed by atoms with E-state index in [0.29, 0.717) is 6.07 Å².